The average molecular weight is 1030 g/mol. The third-order valence-electron chi connectivity index (χ3n) is 19.0. The molecule has 0 amide bonds. The fraction of sp³-hybridized carbons (Fsp3) is 0.410. The van der Waals surface area contributed by atoms with Crippen molar-refractivity contribution in [2.75, 3.05) is 0 Å². The van der Waals surface area contributed by atoms with Crippen molar-refractivity contribution in [2.24, 2.45) is 0 Å². The van der Waals surface area contributed by atoms with Crippen LogP contribution in [0.5, 0.6) is 0 Å². The molecule has 0 atom stereocenters. The molecule has 9 aromatic rings. The van der Waals surface area contributed by atoms with Gasteiger partial charge in [0.2, 0.25) is 0 Å². The highest BCUT2D eigenvalue weighted by Crippen LogP contribution is 2.63. The molecule has 78 heavy (non-hydrogen) atoms. The van der Waals surface area contributed by atoms with Crippen LogP contribution >= 0.6 is 0 Å². The van der Waals surface area contributed by atoms with E-state index in [9.17, 15) is 0 Å². The van der Waals surface area contributed by atoms with Crippen LogP contribution in [0, 0.1) is 13.8 Å². The number of unbranched alkanes of at least 4 members (excludes halogenated alkanes) is 16. The van der Waals surface area contributed by atoms with Gasteiger partial charge in [0.05, 0.1) is 0 Å². The molecule has 1 aliphatic carbocycles. The Hall–Kier alpha value is -5.98. The first kappa shape index (κ1) is 55.3. The maximum absolute atomic E-state index is 2.80. The van der Waals surface area contributed by atoms with E-state index in [0.29, 0.717) is 0 Å². The molecule has 0 unspecified atom stereocenters. The van der Waals surface area contributed by atoms with E-state index in [4.69, 9.17) is 0 Å². The molecule has 0 radical (unpaired) electrons. The van der Waals surface area contributed by atoms with Crippen LogP contribution in [0.4, 0.5) is 0 Å². The number of hydrogen-bond donors (Lipinski definition) is 0. The van der Waals surface area contributed by atoms with Gasteiger partial charge in [-0.05, 0) is 150 Å². The summed E-state index contributed by atoms with van der Waals surface area (Å²) in [6.45, 7) is 14.2. The van der Waals surface area contributed by atoms with E-state index in [2.05, 4.69) is 199 Å². The molecule has 10 rings (SSSR count). The topological polar surface area (TPSA) is 0 Å². The predicted molar refractivity (Wildman–Crippen MR) is 345 cm³/mol. The van der Waals surface area contributed by atoms with Gasteiger partial charge < -0.3 is 0 Å². The summed E-state index contributed by atoms with van der Waals surface area (Å²) < 4.78 is 0. The van der Waals surface area contributed by atoms with E-state index in [1.165, 1.54) is 253 Å². The fourth-order valence-corrected chi connectivity index (χ4v) is 15.0. The summed E-state index contributed by atoms with van der Waals surface area (Å²) in [4.78, 5) is 0. The van der Waals surface area contributed by atoms with Crippen molar-refractivity contribution in [2.45, 2.75) is 206 Å². The summed E-state index contributed by atoms with van der Waals surface area (Å²) in [5.41, 5.74) is 17.2. The van der Waals surface area contributed by atoms with Crippen LogP contribution < -0.4 is 0 Å². The van der Waals surface area contributed by atoms with Crippen LogP contribution in [0.3, 0.4) is 0 Å². The van der Waals surface area contributed by atoms with Crippen LogP contribution in [0.25, 0.3) is 87.6 Å². The summed E-state index contributed by atoms with van der Waals surface area (Å²) in [5.74, 6) is 0. The Labute approximate surface area is 471 Å². The Balaban J connectivity index is 1.25. The smallest absolute Gasteiger partial charge is 0.00564 e. The van der Waals surface area contributed by atoms with Crippen molar-refractivity contribution in [3.05, 3.63) is 180 Å². The molecule has 0 fully saturated rings. The lowest BCUT2D eigenvalue weighted by atomic mass is 9.46. The van der Waals surface area contributed by atoms with Gasteiger partial charge in [-0.2, -0.15) is 0 Å². The van der Waals surface area contributed by atoms with Crippen molar-refractivity contribution >= 4 is 43.1 Å². The van der Waals surface area contributed by atoms with Crippen molar-refractivity contribution in [1.29, 1.82) is 0 Å². The highest BCUT2D eigenvalue weighted by Gasteiger charge is 2.55. The zero-order valence-electron chi connectivity index (χ0n) is 49.0. The Morgan fingerprint density at radius 3 is 1.14 bits per heavy atom. The minimum Gasteiger partial charge on any atom is -0.0654 e. The van der Waals surface area contributed by atoms with Gasteiger partial charge in [-0.15, -0.1) is 0 Å². The number of hydrogen-bond acceptors (Lipinski definition) is 0. The molecule has 0 aliphatic heterocycles. The minimum absolute atomic E-state index is 0.0354. The lowest BCUT2D eigenvalue weighted by Crippen LogP contribution is -2.52. The summed E-state index contributed by atoms with van der Waals surface area (Å²) in [6, 6.07) is 62.4. The molecule has 9 aromatic carbocycles. The summed E-state index contributed by atoms with van der Waals surface area (Å²) in [6.07, 6.45) is 31.7. The summed E-state index contributed by atoms with van der Waals surface area (Å²) in [5, 5.41) is 10.4. The number of fused-ring (bicyclic) bond motifs is 7. The fourth-order valence-electron chi connectivity index (χ4n) is 15.0. The second kappa shape index (κ2) is 25.9. The molecule has 0 spiro atoms. The molecule has 0 bridgehead atoms. The number of benzene rings is 9. The van der Waals surface area contributed by atoms with Gasteiger partial charge in [0, 0.05) is 10.8 Å². The van der Waals surface area contributed by atoms with E-state index in [-0.39, 0.29) is 10.8 Å². The standard InChI is InChI=1S/C78H92/c1-7-11-15-19-27-49-77(50-28-20-16-12-8-2)73-54-58(6)41-45-65(73)66-47-43-62(56-74(66)78(77,51-29-21-17-13-9-3)52-30-22-18-14-10-4)61-44-48-70-72(55-61)76(68-40-32-36-60-34-24-26-38-64(60)68)69-46-42-57(5)53-71(69)75(70)67-39-31-35-59-33-23-25-37-63(59)67/h23-26,31-48,53-56H,7-22,27-30,49-52H2,1-6H3. The van der Waals surface area contributed by atoms with Gasteiger partial charge in [-0.25, -0.2) is 0 Å². The van der Waals surface area contributed by atoms with Crippen molar-refractivity contribution in [3.63, 3.8) is 0 Å². The molecule has 0 heteroatoms. The average Bonchev–Trinajstić information content (AvgIpc) is 3.18. The first-order valence-corrected chi connectivity index (χ1v) is 31.6. The lowest BCUT2D eigenvalue weighted by Gasteiger charge is -2.57. The predicted octanol–water partition coefficient (Wildman–Crippen LogP) is 24.5. The molecular formula is C78H92. The number of rotatable bonds is 27. The molecule has 0 nitrogen and oxygen atoms in total. The molecule has 0 saturated carbocycles. The SMILES string of the molecule is CCCCCCCC1(CCCCCCC)c2cc(C)ccc2-c2ccc(-c3ccc4c(-c5cccc6ccccc56)c5cc(C)ccc5c(-c5cccc6ccccc56)c4c3)cc2C1(CCCCCCC)CCCCCCC. The maximum atomic E-state index is 2.80. The van der Waals surface area contributed by atoms with Crippen molar-refractivity contribution in [3.8, 4) is 44.5 Å². The molecular weight excluding hydrogens is 937 g/mol. The third kappa shape index (κ3) is 11.1. The van der Waals surface area contributed by atoms with E-state index < -0.39 is 0 Å². The molecule has 1 aliphatic rings. The van der Waals surface area contributed by atoms with Crippen molar-refractivity contribution < 1.29 is 0 Å². The summed E-state index contributed by atoms with van der Waals surface area (Å²) in [7, 11) is 0. The molecule has 404 valence electrons. The van der Waals surface area contributed by atoms with E-state index in [1.807, 2.05) is 0 Å². The third-order valence-corrected chi connectivity index (χ3v) is 19.0. The van der Waals surface area contributed by atoms with Gasteiger partial charge in [0.25, 0.3) is 0 Å². The molecule has 0 aromatic heterocycles. The van der Waals surface area contributed by atoms with Gasteiger partial charge in [-0.1, -0.05) is 313 Å². The quantitative estimate of drug-likeness (QED) is 0.0356. The highest BCUT2D eigenvalue weighted by atomic mass is 14.6. The summed E-state index contributed by atoms with van der Waals surface area (Å²) >= 11 is 0. The highest BCUT2D eigenvalue weighted by molar-refractivity contribution is 6.25. The molecule has 0 N–H and O–H groups in total. The van der Waals surface area contributed by atoms with Gasteiger partial charge in [0.15, 0.2) is 0 Å². The first-order chi connectivity index (χ1) is 38.4. The second-order valence-corrected chi connectivity index (χ2v) is 24.2. The Bertz CT molecular complexity index is 3410. The van der Waals surface area contributed by atoms with E-state index >= 15 is 0 Å². The Morgan fingerprint density at radius 2 is 0.641 bits per heavy atom. The van der Waals surface area contributed by atoms with E-state index in [1.54, 1.807) is 11.1 Å². The maximum Gasteiger partial charge on any atom is 0.00564 e. The largest absolute Gasteiger partial charge is 0.0654 e. The zero-order valence-corrected chi connectivity index (χ0v) is 49.0. The van der Waals surface area contributed by atoms with Crippen LogP contribution in [0.2, 0.25) is 0 Å². The van der Waals surface area contributed by atoms with Crippen LogP contribution in [-0.2, 0) is 10.8 Å². The first-order valence-electron chi connectivity index (χ1n) is 31.6. The monoisotopic (exact) mass is 1030 g/mol. The molecule has 0 saturated heterocycles. The van der Waals surface area contributed by atoms with Crippen molar-refractivity contribution in [1.82, 2.24) is 0 Å². The van der Waals surface area contributed by atoms with Gasteiger partial charge >= 0.3 is 0 Å². The van der Waals surface area contributed by atoms with Gasteiger partial charge in [0.1, 0.15) is 0 Å². The van der Waals surface area contributed by atoms with Gasteiger partial charge in [-0.3, -0.25) is 0 Å². The van der Waals surface area contributed by atoms with E-state index in [0.717, 1.165) is 0 Å². The molecule has 0 heterocycles. The zero-order chi connectivity index (χ0) is 53.9. The Kier molecular flexibility index (Phi) is 18.4. The normalized spacial score (nSPS) is 13.7. The number of aryl methyl sites for hydroxylation is 2. The van der Waals surface area contributed by atoms with Crippen LogP contribution in [-0.4, -0.2) is 0 Å². The van der Waals surface area contributed by atoms with Crippen LogP contribution in [0.1, 0.15) is 204 Å². The second-order valence-electron chi connectivity index (χ2n) is 24.2. The Morgan fingerprint density at radius 1 is 0.269 bits per heavy atom. The lowest BCUT2D eigenvalue weighted by molar-refractivity contribution is 0.134. The van der Waals surface area contributed by atoms with Crippen LogP contribution in [0.15, 0.2) is 158 Å². The minimum atomic E-state index is 0.0354.